The topological polar surface area (TPSA) is 50.8 Å². The van der Waals surface area contributed by atoms with Crippen LogP contribution in [0, 0.1) is 11.3 Å². The molecule has 1 aromatic heterocycles. The van der Waals surface area contributed by atoms with Crippen LogP contribution in [0.25, 0.3) is 11.4 Å². The largest absolute Gasteiger partial charge is 0.496 e. The quantitative estimate of drug-likeness (QED) is 0.844. The summed E-state index contributed by atoms with van der Waals surface area (Å²) < 4.78 is 7.35. The molecule has 0 aliphatic carbocycles. The van der Waals surface area contributed by atoms with E-state index in [0.29, 0.717) is 6.42 Å². The van der Waals surface area contributed by atoms with Crippen LogP contribution < -0.4 is 4.74 Å². The number of aromatic nitrogens is 2. The Hall–Kier alpha value is -2.28. The first-order valence-electron chi connectivity index (χ1n) is 6.26. The number of nitriles is 1. The predicted molar refractivity (Wildman–Crippen MR) is 73.9 cm³/mol. The van der Waals surface area contributed by atoms with Gasteiger partial charge in [0.15, 0.2) is 0 Å². The molecule has 0 spiro atoms. The average molecular weight is 255 g/mol. The number of benzene rings is 1. The fourth-order valence-electron chi connectivity index (χ4n) is 2.09. The highest BCUT2D eigenvalue weighted by molar-refractivity contribution is 5.66. The van der Waals surface area contributed by atoms with Crippen LogP contribution in [0.15, 0.2) is 24.4 Å². The lowest BCUT2D eigenvalue weighted by molar-refractivity contribution is 0.416. The van der Waals surface area contributed by atoms with Crippen LogP contribution in [-0.4, -0.2) is 16.7 Å². The Labute approximate surface area is 113 Å². The summed E-state index contributed by atoms with van der Waals surface area (Å²) in [6.07, 6.45) is 3.07. The van der Waals surface area contributed by atoms with Crippen LogP contribution in [0.5, 0.6) is 5.75 Å². The van der Waals surface area contributed by atoms with Gasteiger partial charge in [-0.05, 0) is 24.1 Å². The van der Waals surface area contributed by atoms with Gasteiger partial charge in [0.2, 0.25) is 0 Å². The second-order valence-corrected chi connectivity index (χ2v) is 4.36. The molecule has 0 aliphatic rings. The Bertz CT molecular complexity index is 623. The highest BCUT2D eigenvalue weighted by Gasteiger charge is 2.13. The van der Waals surface area contributed by atoms with E-state index in [1.54, 1.807) is 13.3 Å². The molecule has 0 radical (unpaired) electrons. The molecule has 0 amide bonds. The summed E-state index contributed by atoms with van der Waals surface area (Å²) in [5, 5.41) is 8.79. The molecule has 0 bridgehead atoms. The summed E-state index contributed by atoms with van der Waals surface area (Å²) in [6.45, 7) is 2.12. The standard InChI is InChI=1S/C15H17N3O/c1-4-11-5-6-14(19-3)13(9-11)15-17-10-12(7-8-16)18(15)2/h5-6,9-10H,4,7H2,1-3H3. The van der Waals surface area contributed by atoms with Gasteiger partial charge < -0.3 is 9.30 Å². The summed E-state index contributed by atoms with van der Waals surface area (Å²) in [4.78, 5) is 4.42. The molecular weight excluding hydrogens is 238 g/mol. The smallest absolute Gasteiger partial charge is 0.143 e. The Morgan fingerprint density at radius 3 is 2.84 bits per heavy atom. The first-order chi connectivity index (χ1) is 9.21. The van der Waals surface area contributed by atoms with Gasteiger partial charge in [-0.1, -0.05) is 13.0 Å². The summed E-state index contributed by atoms with van der Waals surface area (Å²) >= 11 is 0. The van der Waals surface area contributed by atoms with E-state index in [9.17, 15) is 0 Å². The first-order valence-corrected chi connectivity index (χ1v) is 6.26. The second kappa shape index (κ2) is 5.57. The summed E-state index contributed by atoms with van der Waals surface area (Å²) in [7, 11) is 3.58. The van der Waals surface area contributed by atoms with Gasteiger partial charge in [-0.3, -0.25) is 0 Å². The molecule has 0 fully saturated rings. The molecule has 0 N–H and O–H groups in total. The van der Waals surface area contributed by atoms with Crippen LogP contribution >= 0.6 is 0 Å². The van der Waals surface area contributed by atoms with Crippen LogP contribution in [0.2, 0.25) is 0 Å². The molecule has 1 heterocycles. The third-order valence-electron chi connectivity index (χ3n) is 3.26. The van der Waals surface area contributed by atoms with Crippen molar-refractivity contribution in [3.05, 3.63) is 35.7 Å². The Morgan fingerprint density at radius 2 is 2.21 bits per heavy atom. The molecule has 98 valence electrons. The van der Waals surface area contributed by atoms with E-state index in [0.717, 1.165) is 29.3 Å². The van der Waals surface area contributed by atoms with Crippen molar-refractivity contribution >= 4 is 0 Å². The van der Waals surface area contributed by atoms with E-state index < -0.39 is 0 Å². The van der Waals surface area contributed by atoms with Crippen molar-refractivity contribution in [1.29, 1.82) is 5.26 Å². The fourth-order valence-corrected chi connectivity index (χ4v) is 2.09. The van der Waals surface area contributed by atoms with Crippen LogP contribution in [0.4, 0.5) is 0 Å². The Kier molecular flexibility index (Phi) is 3.86. The summed E-state index contributed by atoms with van der Waals surface area (Å²) in [5.74, 6) is 1.63. The molecule has 0 saturated carbocycles. The number of rotatable bonds is 4. The summed E-state index contributed by atoms with van der Waals surface area (Å²) in [6, 6.07) is 8.27. The number of hydrogen-bond acceptors (Lipinski definition) is 3. The minimum atomic E-state index is 0.360. The fraction of sp³-hybridized carbons (Fsp3) is 0.333. The van der Waals surface area contributed by atoms with Gasteiger partial charge in [-0.25, -0.2) is 4.98 Å². The van der Waals surface area contributed by atoms with Crippen LogP contribution in [0.3, 0.4) is 0 Å². The molecule has 0 saturated heterocycles. The molecule has 4 heteroatoms. The zero-order valence-electron chi connectivity index (χ0n) is 11.5. The minimum absolute atomic E-state index is 0.360. The second-order valence-electron chi connectivity index (χ2n) is 4.36. The van der Waals surface area contributed by atoms with Gasteiger partial charge in [0, 0.05) is 13.2 Å². The van der Waals surface area contributed by atoms with E-state index in [2.05, 4.69) is 30.1 Å². The predicted octanol–water partition coefficient (Wildman–Crippen LogP) is 2.72. The highest BCUT2D eigenvalue weighted by atomic mass is 16.5. The summed E-state index contributed by atoms with van der Waals surface area (Å²) in [5.41, 5.74) is 3.11. The van der Waals surface area contributed by atoms with E-state index in [4.69, 9.17) is 10.00 Å². The van der Waals surface area contributed by atoms with Crippen LogP contribution in [0.1, 0.15) is 18.2 Å². The molecule has 4 nitrogen and oxygen atoms in total. The van der Waals surface area contributed by atoms with Crippen molar-refractivity contribution in [2.75, 3.05) is 7.11 Å². The van der Waals surface area contributed by atoms with E-state index in [-0.39, 0.29) is 0 Å². The number of ether oxygens (including phenoxy) is 1. The van der Waals surface area contributed by atoms with Gasteiger partial charge in [0.25, 0.3) is 0 Å². The molecule has 0 aliphatic heterocycles. The van der Waals surface area contributed by atoms with Crippen molar-refractivity contribution in [2.45, 2.75) is 19.8 Å². The normalized spacial score (nSPS) is 10.2. The molecule has 0 unspecified atom stereocenters. The number of nitrogens with zero attached hydrogens (tertiary/aromatic N) is 3. The Morgan fingerprint density at radius 1 is 1.42 bits per heavy atom. The highest BCUT2D eigenvalue weighted by Crippen LogP contribution is 2.30. The maximum absolute atomic E-state index is 8.79. The molecule has 19 heavy (non-hydrogen) atoms. The maximum atomic E-state index is 8.79. The molecule has 0 atom stereocenters. The van der Waals surface area contributed by atoms with Crippen molar-refractivity contribution in [3.8, 4) is 23.2 Å². The van der Waals surface area contributed by atoms with Crippen molar-refractivity contribution < 1.29 is 4.74 Å². The minimum Gasteiger partial charge on any atom is -0.496 e. The van der Waals surface area contributed by atoms with Gasteiger partial charge in [-0.2, -0.15) is 5.26 Å². The Balaban J connectivity index is 2.54. The molecular formula is C15H17N3O. The lowest BCUT2D eigenvalue weighted by atomic mass is 10.1. The van der Waals surface area contributed by atoms with Crippen molar-refractivity contribution in [3.63, 3.8) is 0 Å². The number of hydrogen-bond donors (Lipinski definition) is 0. The van der Waals surface area contributed by atoms with Gasteiger partial charge in [0.05, 0.1) is 30.9 Å². The van der Waals surface area contributed by atoms with E-state index in [1.807, 2.05) is 17.7 Å². The van der Waals surface area contributed by atoms with E-state index >= 15 is 0 Å². The third-order valence-corrected chi connectivity index (χ3v) is 3.26. The van der Waals surface area contributed by atoms with Gasteiger partial charge in [-0.15, -0.1) is 0 Å². The van der Waals surface area contributed by atoms with Gasteiger partial charge >= 0.3 is 0 Å². The number of aryl methyl sites for hydroxylation is 1. The maximum Gasteiger partial charge on any atom is 0.143 e. The molecule has 1 aromatic carbocycles. The van der Waals surface area contributed by atoms with Crippen molar-refractivity contribution in [2.24, 2.45) is 7.05 Å². The molecule has 2 aromatic rings. The van der Waals surface area contributed by atoms with Crippen LogP contribution in [-0.2, 0) is 19.9 Å². The molecule has 2 rings (SSSR count). The monoisotopic (exact) mass is 255 g/mol. The average Bonchev–Trinajstić information content (AvgIpc) is 2.80. The zero-order valence-corrected chi connectivity index (χ0v) is 11.5. The van der Waals surface area contributed by atoms with E-state index in [1.165, 1.54) is 5.56 Å². The lowest BCUT2D eigenvalue weighted by Crippen LogP contribution is -2.00. The van der Waals surface area contributed by atoms with Gasteiger partial charge in [0.1, 0.15) is 11.6 Å². The van der Waals surface area contributed by atoms with Crippen molar-refractivity contribution in [1.82, 2.24) is 9.55 Å². The first kappa shape index (κ1) is 13.2. The number of imidazole rings is 1. The number of methoxy groups -OCH3 is 1. The SMILES string of the molecule is CCc1ccc(OC)c(-c2ncc(CC#N)n2C)c1. The zero-order chi connectivity index (χ0) is 13.8. The third kappa shape index (κ3) is 2.45. The lowest BCUT2D eigenvalue weighted by Gasteiger charge is -2.11.